The van der Waals surface area contributed by atoms with E-state index < -0.39 is 0 Å². The minimum absolute atomic E-state index is 0.190. The van der Waals surface area contributed by atoms with Crippen LogP contribution < -0.4 is 0 Å². The van der Waals surface area contributed by atoms with E-state index in [9.17, 15) is 0 Å². The molecule has 4 aromatic rings. The third-order valence-corrected chi connectivity index (χ3v) is 4.67. The summed E-state index contributed by atoms with van der Waals surface area (Å²) in [7, 11) is 0. The molecule has 1 aromatic heterocycles. The van der Waals surface area contributed by atoms with Crippen molar-refractivity contribution in [2.75, 3.05) is 0 Å². The summed E-state index contributed by atoms with van der Waals surface area (Å²) in [6, 6.07) is 9.88. The molecule has 0 saturated heterocycles. The van der Waals surface area contributed by atoms with E-state index in [1.807, 2.05) is 30.3 Å². The highest BCUT2D eigenvalue weighted by molar-refractivity contribution is 7.26. The molecule has 0 aliphatic heterocycles. The molecule has 96 valence electrons. The van der Waals surface area contributed by atoms with Gasteiger partial charge in [-0.15, -0.1) is 11.3 Å². The molecule has 2 heteroatoms. The van der Waals surface area contributed by atoms with Crippen LogP contribution in [0.15, 0.2) is 66.6 Å². The molecular formula is C18H11ClS. The zero-order valence-corrected chi connectivity index (χ0v) is 11.8. The van der Waals surface area contributed by atoms with E-state index in [1.54, 1.807) is 17.4 Å². The van der Waals surface area contributed by atoms with Crippen molar-refractivity contribution >= 4 is 43.1 Å². The Kier molecular flexibility index (Phi) is 1.81. The molecule has 0 aliphatic rings. The summed E-state index contributed by atoms with van der Waals surface area (Å²) >= 11 is 7.89. The lowest BCUT2D eigenvalue weighted by Crippen LogP contribution is -1.76. The molecule has 4 rings (SSSR count). The molecule has 0 saturated carbocycles. The normalized spacial score (nSPS) is 14.8. The Hall–Kier alpha value is -1.83. The minimum Gasteiger partial charge on any atom is -0.135 e. The standard InChI is InChI=1S/C18H11ClS/c19-15-7-4-8-16-18(15)14-10-9-13(11-17(14)20-16)12-5-2-1-3-6-12/h1-11H/i1D,2D,3D,5D,6D. The second-order valence-electron chi connectivity index (χ2n) is 4.43. The lowest BCUT2D eigenvalue weighted by atomic mass is 10.0. The van der Waals surface area contributed by atoms with Crippen LogP contribution in [0.3, 0.4) is 0 Å². The van der Waals surface area contributed by atoms with Crippen molar-refractivity contribution in [1.29, 1.82) is 0 Å². The molecule has 0 atom stereocenters. The van der Waals surface area contributed by atoms with Crippen molar-refractivity contribution < 1.29 is 6.85 Å². The second-order valence-corrected chi connectivity index (χ2v) is 5.92. The quantitative estimate of drug-likeness (QED) is 0.383. The van der Waals surface area contributed by atoms with Crippen molar-refractivity contribution in [2.45, 2.75) is 0 Å². The molecule has 0 unspecified atom stereocenters. The number of hydrogen-bond donors (Lipinski definition) is 0. The summed E-state index contributed by atoms with van der Waals surface area (Å²) in [5, 5.41) is 2.66. The molecule has 0 fully saturated rings. The zero-order chi connectivity index (χ0) is 17.9. The van der Waals surface area contributed by atoms with Gasteiger partial charge in [-0.3, -0.25) is 0 Å². The van der Waals surface area contributed by atoms with Gasteiger partial charge in [0.1, 0.15) is 0 Å². The monoisotopic (exact) mass is 299 g/mol. The fourth-order valence-corrected chi connectivity index (χ4v) is 3.84. The van der Waals surface area contributed by atoms with Crippen molar-refractivity contribution in [2.24, 2.45) is 0 Å². The van der Waals surface area contributed by atoms with Gasteiger partial charge < -0.3 is 0 Å². The first kappa shape index (κ1) is 7.82. The van der Waals surface area contributed by atoms with Crippen LogP contribution in [-0.4, -0.2) is 0 Å². The van der Waals surface area contributed by atoms with E-state index in [0.29, 0.717) is 10.6 Å². The molecule has 0 N–H and O–H groups in total. The van der Waals surface area contributed by atoms with E-state index in [4.69, 9.17) is 18.5 Å². The molecule has 0 spiro atoms. The van der Waals surface area contributed by atoms with E-state index >= 15 is 0 Å². The van der Waals surface area contributed by atoms with Gasteiger partial charge in [0.05, 0.1) is 6.85 Å². The molecule has 3 aromatic carbocycles. The van der Waals surface area contributed by atoms with Crippen LogP contribution in [0.2, 0.25) is 5.02 Å². The Morgan fingerprint density at radius 2 is 1.75 bits per heavy atom. The van der Waals surface area contributed by atoms with Gasteiger partial charge >= 0.3 is 0 Å². The van der Waals surface area contributed by atoms with Crippen LogP contribution in [0, 0.1) is 0 Å². The maximum absolute atomic E-state index is 8.13. The fourth-order valence-electron chi connectivity index (χ4n) is 2.33. The summed E-state index contributed by atoms with van der Waals surface area (Å²) < 4.78 is 41.7. The molecular weight excluding hydrogens is 284 g/mol. The van der Waals surface area contributed by atoms with Crippen LogP contribution in [0.1, 0.15) is 6.85 Å². The molecule has 20 heavy (non-hydrogen) atoms. The summed E-state index contributed by atoms with van der Waals surface area (Å²) in [5.41, 5.74) is 0.823. The van der Waals surface area contributed by atoms with Gasteiger partial charge in [-0.25, -0.2) is 0 Å². The van der Waals surface area contributed by atoms with Crippen molar-refractivity contribution in [1.82, 2.24) is 0 Å². The highest BCUT2D eigenvalue weighted by Crippen LogP contribution is 2.39. The van der Waals surface area contributed by atoms with Crippen molar-refractivity contribution in [3.63, 3.8) is 0 Å². The number of halogens is 1. The second kappa shape index (κ2) is 4.62. The molecule has 0 radical (unpaired) electrons. The third-order valence-electron chi connectivity index (χ3n) is 3.23. The number of benzene rings is 3. The van der Waals surface area contributed by atoms with Crippen molar-refractivity contribution in [3.8, 4) is 11.1 Å². The van der Waals surface area contributed by atoms with E-state index in [0.717, 1.165) is 20.2 Å². The first-order valence-corrected chi connectivity index (χ1v) is 7.27. The fraction of sp³-hybridized carbons (Fsp3) is 0. The van der Waals surface area contributed by atoms with Crippen LogP contribution in [0.4, 0.5) is 0 Å². The van der Waals surface area contributed by atoms with Crippen LogP contribution in [-0.2, 0) is 0 Å². The predicted molar refractivity (Wildman–Crippen MR) is 89.8 cm³/mol. The first-order valence-electron chi connectivity index (χ1n) is 8.58. The van der Waals surface area contributed by atoms with E-state index in [2.05, 4.69) is 0 Å². The molecule has 0 aliphatic carbocycles. The summed E-state index contributed by atoms with van der Waals surface area (Å²) in [4.78, 5) is 0. The molecule has 1 heterocycles. The van der Waals surface area contributed by atoms with Gasteiger partial charge in [0.15, 0.2) is 0 Å². The van der Waals surface area contributed by atoms with Gasteiger partial charge in [0.2, 0.25) is 0 Å². The Morgan fingerprint density at radius 1 is 0.900 bits per heavy atom. The predicted octanol–water partition coefficient (Wildman–Crippen LogP) is 6.37. The SMILES string of the molecule is [2H]c1c([2H])c([2H])c(-c2ccc3c(c2)sc2cccc(Cl)c23)c([2H])c1[2H]. The maximum atomic E-state index is 8.13. The number of fused-ring (bicyclic) bond motifs is 3. The highest BCUT2D eigenvalue weighted by Gasteiger charge is 2.09. The Morgan fingerprint density at radius 3 is 2.60 bits per heavy atom. The summed E-state index contributed by atoms with van der Waals surface area (Å²) in [6.07, 6.45) is 0. The smallest absolute Gasteiger partial charge is 0.0629 e. The lowest BCUT2D eigenvalue weighted by molar-refractivity contribution is 1.66. The zero-order valence-electron chi connectivity index (χ0n) is 15.3. The average molecular weight is 300 g/mol. The first-order chi connectivity index (χ1) is 11.9. The topological polar surface area (TPSA) is 0 Å². The number of rotatable bonds is 1. The van der Waals surface area contributed by atoms with Gasteiger partial charge in [0, 0.05) is 25.2 Å². The number of thiophene rings is 1. The third kappa shape index (κ3) is 1.82. The molecule has 0 amide bonds. The van der Waals surface area contributed by atoms with Gasteiger partial charge in [0.25, 0.3) is 0 Å². The molecule has 0 nitrogen and oxygen atoms in total. The Balaban J connectivity index is 2.04. The Labute approximate surface area is 133 Å². The van der Waals surface area contributed by atoms with Gasteiger partial charge in [-0.05, 0) is 29.3 Å². The van der Waals surface area contributed by atoms with E-state index in [-0.39, 0.29) is 35.8 Å². The summed E-state index contributed by atoms with van der Waals surface area (Å²) in [5.74, 6) is 0. The number of hydrogen-bond acceptors (Lipinski definition) is 1. The van der Waals surface area contributed by atoms with Crippen LogP contribution >= 0.6 is 22.9 Å². The Bertz CT molecular complexity index is 1140. The van der Waals surface area contributed by atoms with Gasteiger partial charge in [-0.2, -0.15) is 0 Å². The largest absolute Gasteiger partial charge is 0.135 e. The van der Waals surface area contributed by atoms with Gasteiger partial charge in [-0.1, -0.05) is 60.0 Å². The summed E-state index contributed by atoms with van der Waals surface area (Å²) in [6.45, 7) is 0. The lowest BCUT2D eigenvalue weighted by Gasteiger charge is -2.01. The maximum Gasteiger partial charge on any atom is 0.0629 e. The van der Waals surface area contributed by atoms with Crippen LogP contribution in [0.5, 0.6) is 0 Å². The van der Waals surface area contributed by atoms with Crippen LogP contribution in [0.25, 0.3) is 31.3 Å². The molecule has 0 bridgehead atoms. The van der Waals surface area contributed by atoms with E-state index in [1.165, 1.54) is 0 Å². The highest BCUT2D eigenvalue weighted by atomic mass is 35.5. The average Bonchev–Trinajstić information content (AvgIpc) is 2.97. The van der Waals surface area contributed by atoms with Crippen molar-refractivity contribution in [3.05, 3.63) is 71.6 Å². The minimum atomic E-state index is -0.381.